The molecule has 0 aliphatic heterocycles. The van der Waals surface area contributed by atoms with Gasteiger partial charge in [-0.05, 0) is 48.4 Å². The molecule has 2 amide bonds. The number of nitrogens with one attached hydrogen (secondary N) is 2. The molecule has 2 N–H and O–H groups in total. The van der Waals surface area contributed by atoms with Gasteiger partial charge in [0.1, 0.15) is 0 Å². The first-order valence-electron chi connectivity index (χ1n) is 8.51. The molecule has 0 unspecified atom stereocenters. The molecule has 5 nitrogen and oxygen atoms in total. The van der Waals surface area contributed by atoms with E-state index in [1.807, 2.05) is 49.4 Å². The molecule has 6 heteroatoms. The second-order valence-electron chi connectivity index (χ2n) is 5.96. The summed E-state index contributed by atoms with van der Waals surface area (Å²) in [6.45, 7) is 2.43. The molecule has 0 spiro atoms. The maximum Gasteiger partial charge on any atom is 0.291 e. The molecule has 3 aromatic rings. The van der Waals surface area contributed by atoms with Crippen LogP contribution in [0.2, 0.25) is 0 Å². The van der Waals surface area contributed by atoms with Gasteiger partial charge in [-0.25, -0.2) is 0 Å². The number of amides is 2. The topological polar surface area (TPSA) is 71.3 Å². The quantitative estimate of drug-likeness (QED) is 0.601. The van der Waals surface area contributed by atoms with Crippen molar-refractivity contribution in [1.29, 1.82) is 0 Å². The van der Waals surface area contributed by atoms with Gasteiger partial charge in [0.2, 0.25) is 5.91 Å². The van der Waals surface area contributed by atoms with Crippen LogP contribution in [0.3, 0.4) is 0 Å². The van der Waals surface area contributed by atoms with Crippen LogP contribution >= 0.6 is 11.8 Å². The first-order chi connectivity index (χ1) is 13.1. The van der Waals surface area contributed by atoms with E-state index < -0.39 is 0 Å². The fourth-order valence-electron chi connectivity index (χ4n) is 2.47. The summed E-state index contributed by atoms with van der Waals surface area (Å²) < 4.78 is 5.08. The largest absolute Gasteiger partial charge is 0.459 e. The maximum atomic E-state index is 12.1. The third kappa shape index (κ3) is 5.49. The summed E-state index contributed by atoms with van der Waals surface area (Å²) in [6, 6.07) is 18.6. The Balaban J connectivity index is 1.50. The number of hydrogen-bond acceptors (Lipinski definition) is 4. The molecule has 0 saturated heterocycles. The third-order valence-electron chi connectivity index (χ3n) is 3.87. The lowest BCUT2D eigenvalue weighted by Crippen LogP contribution is -2.24. The van der Waals surface area contributed by atoms with E-state index in [2.05, 4.69) is 10.6 Å². The highest BCUT2D eigenvalue weighted by Crippen LogP contribution is 2.21. The zero-order valence-corrected chi connectivity index (χ0v) is 15.7. The summed E-state index contributed by atoms with van der Waals surface area (Å²) in [7, 11) is 0. The molecular formula is C21H20N2O3S. The molecule has 138 valence electrons. The van der Waals surface area contributed by atoms with Crippen molar-refractivity contribution in [3.05, 3.63) is 83.8 Å². The van der Waals surface area contributed by atoms with Gasteiger partial charge in [-0.2, -0.15) is 0 Å². The number of aryl methyl sites for hydroxylation is 1. The molecule has 27 heavy (non-hydrogen) atoms. The van der Waals surface area contributed by atoms with Gasteiger partial charge in [0.15, 0.2) is 5.76 Å². The smallest absolute Gasteiger partial charge is 0.291 e. The van der Waals surface area contributed by atoms with E-state index >= 15 is 0 Å². The van der Waals surface area contributed by atoms with E-state index in [9.17, 15) is 9.59 Å². The second-order valence-corrected chi connectivity index (χ2v) is 6.98. The monoisotopic (exact) mass is 380 g/mol. The highest BCUT2D eigenvalue weighted by atomic mass is 32.2. The van der Waals surface area contributed by atoms with Crippen LogP contribution in [-0.4, -0.2) is 17.6 Å². The van der Waals surface area contributed by atoms with Crippen LogP contribution in [0.1, 0.15) is 21.7 Å². The Morgan fingerprint density at radius 3 is 2.67 bits per heavy atom. The predicted molar refractivity (Wildman–Crippen MR) is 107 cm³/mol. The summed E-state index contributed by atoms with van der Waals surface area (Å²) in [6.07, 6.45) is 1.45. The van der Waals surface area contributed by atoms with Gasteiger partial charge < -0.3 is 15.1 Å². The first kappa shape index (κ1) is 18.8. The van der Waals surface area contributed by atoms with Gasteiger partial charge in [-0.15, -0.1) is 11.8 Å². The van der Waals surface area contributed by atoms with Crippen molar-refractivity contribution < 1.29 is 14.0 Å². The molecule has 1 heterocycles. The summed E-state index contributed by atoms with van der Waals surface area (Å²) >= 11 is 1.52. The Kier molecular flexibility index (Phi) is 6.33. The molecule has 0 fully saturated rings. The van der Waals surface area contributed by atoms with Crippen molar-refractivity contribution in [3.8, 4) is 0 Å². The minimum absolute atomic E-state index is 0.0340. The molecule has 0 bridgehead atoms. The summed E-state index contributed by atoms with van der Waals surface area (Å²) in [5, 5.41) is 5.68. The number of carbonyl (C=O) groups excluding carboxylic acids is 2. The van der Waals surface area contributed by atoms with Crippen LogP contribution in [0, 0.1) is 6.92 Å². The lowest BCUT2D eigenvalue weighted by atomic mass is 10.2. The molecule has 0 saturated carbocycles. The lowest BCUT2D eigenvalue weighted by Gasteiger charge is -2.09. The molecule has 0 aliphatic carbocycles. The van der Waals surface area contributed by atoms with Crippen molar-refractivity contribution in [3.63, 3.8) is 0 Å². The number of anilines is 1. The van der Waals surface area contributed by atoms with Crippen LogP contribution in [0.15, 0.2) is 76.2 Å². The van der Waals surface area contributed by atoms with Crippen molar-refractivity contribution in [2.45, 2.75) is 18.4 Å². The molecular weight excluding hydrogens is 360 g/mol. The van der Waals surface area contributed by atoms with E-state index in [4.69, 9.17) is 4.42 Å². The zero-order valence-electron chi connectivity index (χ0n) is 14.9. The summed E-state index contributed by atoms with van der Waals surface area (Å²) in [5.74, 6) is 0.269. The maximum absolute atomic E-state index is 12.1. The van der Waals surface area contributed by atoms with Crippen LogP contribution in [-0.2, 0) is 11.3 Å². The average molecular weight is 380 g/mol. The number of rotatable bonds is 7. The molecule has 0 atom stereocenters. The van der Waals surface area contributed by atoms with Crippen molar-refractivity contribution >= 4 is 29.3 Å². The highest BCUT2D eigenvalue weighted by Gasteiger charge is 2.09. The van der Waals surface area contributed by atoms with Crippen LogP contribution in [0.5, 0.6) is 0 Å². The number of carbonyl (C=O) groups is 2. The lowest BCUT2D eigenvalue weighted by molar-refractivity contribution is -0.118. The van der Waals surface area contributed by atoms with Gasteiger partial charge in [0, 0.05) is 17.1 Å². The predicted octanol–water partition coefficient (Wildman–Crippen LogP) is 4.25. The van der Waals surface area contributed by atoms with E-state index in [0.29, 0.717) is 18.0 Å². The summed E-state index contributed by atoms with van der Waals surface area (Å²) in [5.41, 5.74) is 2.72. The molecule has 0 aliphatic rings. The van der Waals surface area contributed by atoms with Gasteiger partial charge in [-0.1, -0.05) is 30.3 Å². The van der Waals surface area contributed by atoms with Crippen LogP contribution in [0.4, 0.5) is 5.69 Å². The van der Waals surface area contributed by atoms with Crippen molar-refractivity contribution in [1.82, 2.24) is 5.32 Å². The number of thioether (sulfide) groups is 1. The summed E-state index contributed by atoms with van der Waals surface area (Å²) in [4.78, 5) is 25.2. The van der Waals surface area contributed by atoms with E-state index in [-0.39, 0.29) is 17.6 Å². The van der Waals surface area contributed by atoms with Gasteiger partial charge in [-0.3, -0.25) is 9.59 Å². The van der Waals surface area contributed by atoms with Crippen molar-refractivity contribution in [2.24, 2.45) is 0 Å². The van der Waals surface area contributed by atoms with E-state index in [1.54, 1.807) is 18.2 Å². The Labute approximate surface area is 162 Å². The number of furan rings is 1. The fraction of sp³-hybridized carbons (Fsp3) is 0.143. The Hall–Kier alpha value is -2.99. The van der Waals surface area contributed by atoms with Crippen LogP contribution < -0.4 is 10.6 Å². The SMILES string of the molecule is Cc1ccccc1SCC(=O)NCc1cccc(NC(=O)c2ccco2)c1. The Morgan fingerprint density at radius 2 is 1.89 bits per heavy atom. The third-order valence-corrected chi connectivity index (χ3v) is 5.05. The standard InChI is InChI=1S/C21H20N2O3S/c1-15-6-2-3-10-19(15)27-14-20(24)22-13-16-7-4-8-17(12-16)23-21(25)18-9-5-11-26-18/h2-12H,13-14H2,1H3,(H,22,24)(H,23,25). The highest BCUT2D eigenvalue weighted by molar-refractivity contribution is 8.00. The first-order valence-corrected chi connectivity index (χ1v) is 9.49. The zero-order chi connectivity index (χ0) is 19.1. The molecule has 2 aromatic carbocycles. The minimum atomic E-state index is -0.309. The normalized spacial score (nSPS) is 10.4. The Bertz CT molecular complexity index is 923. The number of hydrogen-bond donors (Lipinski definition) is 2. The van der Waals surface area contributed by atoms with Crippen molar-refractivity contribution in [2.75, 3.05) is 11.1 Å². The minimum Gasteiger partial charge on any atom is -0.459 e. The van der Waals surface area contributed by atoms with Gasteiger partial charge >= 0.3 is 0 Å². The van der Waals surface area contributed by atoms with Gasteiger partial charge in [0.05, 0.1) is 12.0 Å². The van der Waals surface area contributed by atoms with E-state index in [1.165, 1.54) is 18.0 Å². The second kappa shape index (κ2) is 9.09. The molecule has 0 radical (unpaired) electrons. The van der Waals surface area contributed by atoms with E-state index in [0.717, 1.165) is 16.0 Å². The number of benzene rings is 2. The Morgan fingerprint density at radius 1 is 1.04 bits per heavy atom. The fourth-order valence-corrected chi connectivity index (χ4v) is 3.33. The average Bonchev–Trinajstić information content (AvgIpc) is 3.21. The molecule has 3 rings (SSSR count). The molecule has 1 aromatic heterocycles. The van der Waals surface area contributed by atoms with Crippen LogP contribution in [0.25, 0.3) is 0 Å². The van der Waals surface area contributed by atoms with Gasteiger partial charge in [0.25, 0.3) is 5.91 Å².